The summed E-state index contributed by atoms with van der Waals surface area (Å²) >= 11 is 1.26. The Morgan fingerprint density at radius 2 is 1.83 bits per heavy atom. The lowest BCUT2D eigenvalue weighted by Crippen LogP contribution is -2.39. The maximum Gasteiger partial charge on any atom is 0.465 e. The first-order valence-corrected chi connectivity index (χ1v) is 8.78. The number of ether oxygens (including phenoxy) is 1. The highest BCUT2D eigenvalue weighted by Crippen LogP contribution is 2.25. The lowest BCUT2D eigenvalue weighted by molar-refractivity contribution is -0.160. The number of halogens is 2. The minimum Gasteiger partial charge on any atom is -0.459 e. The van der Waals surface area contributed by atoms with Crippen molar-refractivity contribution in [2.45, 2.75) is 10.2 Å². The largest absolute Gasteiger partial charge is 0.465 e. The van der Waals surface area contributed by atoms with Gasteiger partial charge in [0.25, 0.3) is 0 Å². The molecule has 0 amide bonds. The second-order valence-electron chi connectivity index (χ2n) is 4.49. The number of benzene rings is 2. The van der Waals surface area contributed by atoms with Crippen LogP contribution in [0.4, 0.5) is 8.78 Å². The average molecular weight is 362 g/mol. The van der Waals surface area contributed by atoms with Crippen molar-refractivity contribution in [1.29, 1.82) is 0 Å². The summed E-state index contributed by atoms with van der Waals surface area (Å²) in [4.78, 5) is 11.8. The Morgan fingerprint density at radius 1 is 1.17 bits per heavy atom. The highest BCUT2D eigenvalue weighted by atomic mass is 32.2. The van der Waals surface area contributed by atoms with Gasteiger partial charge in [-0.3, -0.25) is 4.55 Å². The van der Waals surface area contributed by atoms with Crippen LogP contribution in [-0.2, 0) is 19.6 Å². The maximum absolute atomic E-state index is 12.9. The lowest BCUT2D eigenvalue weighted by Gasteiger charge is -2.11. The van der Waals surface area contributed by atoms with E-state index >= 15 is 0 Å². The van der Waals surface area contributed by atoms with Crippen LogP contribution in [0.5, 0.6) is 0 Å². The Hall–Kier alpha value is -1.71. The van der Waals surface area contributed by atoms with E-state index in [1.165, 1.54) is 11.8 Å². The van der Waals surface area contributed by atoms with E-state index in [-0.39, 0.29) is 5.75 Å². The summed E-state index contributed by atoms with van der Waals surface area (Å²) in [6.07, 6.45) is 0. The van der Waals surface area contributed by atoms with Gasteiger partial charge in [-0.15, -0.1) is 11.8 Å². The molecule has 2 aromatic rings. The van der Waals surface area contributed by atoms with Crippen LogP contribution in [0.25, 0.3) is 10.8 Å². The number of carbonyl (C=O) groups is 1. The molecule has 0 aromatic heterocycles. The highest BCUT2D eigenvalue weighted by Gasteiger charge is 2.54. The molecule has 5 nitrogen and oxygen atoms in total. The molecule has 0 unspecified atom stereocenters. The average Bonchev–Trinajstić information content (AvgIpc) is 2.50. The van der Waals surface area contributed by atoms with Crippen molar-refractivity contribution >= 4 is 38.6 Å². The minimum absolute atomic E-state index is 0.158. The van der Waals surface area contributed by atoms with Crippen molar-refractivity contribution in [2.75, 3.05) is 12.4 Å². The Bertz CT molecular complexity index is 821. The molecule has 0 fully saturated rings. The van der Waals surface area contributed by atoms with E-state index < -0.39 is 27.9 Å². The summed E-state index contributed by atoms with van der Waals surface area (Å²) < 4.78 is 59.1. The molecule has 0 atom stereocenters. The molecule has 0 aliphatic heterocycles. The van der Waals surface area contributed by atoms with Gasteiger partial charge in [0.1, 0.15) is 6.61 Å². The quantitative estimate of drug-likeness (QED) is 0.368. The molecule has 2 aromatic carbocycles. The fourth-order valence-corrected chi connectivity index (χ4v) is 2.79. The number of esters is 1. The van der Waals surface area contributed by atoms with E-state index in [1.54, 1.807) is 0 Å². The van der Waals surface area contributed by atoms with Crippen LogP contribution in [0.3, 0.4) is 0 Å². The first-order chi connectivity index (χ1) is 10.7. The number of thioether (sulfide) groups is 1. The smallest absolute Gasteiger partial charge is 0.459 e. The molecule has 0 spiro atoms. The van der Waals surface area contributed by atoms with Gasteiger partial charge in [0.2, 0.25) is 0 Å². The predicted molar refractivity (Wildman–Crippen MR) is 82.1 cm³/mol. The standard InChI is InChI=1S/C14H12F2O5S2/c15-14(16,23(18,19)20)13(17)21-7-8-22-12-6-5-10-3-1-2-4-11(10)9-12/h1-6,9H,7-8H2,(H,18,19,20). The lowest BCUT2D eigenvalue weighted by atomic mass is 10.1. The normalized spacial score (nSPS) is 12.3. The van der Waals surface area contributed by atoms with Gasteiger partial charge in [0.15, 0.2) is 0 Å². The number of alkyl halides is 2. The van der Waals surface area contributed by atoms with Crippen molar-refractivity contribution in [1.82, 2.24) is 0 Å². The van der Waals surface area contributed by atoms with Crippen LogP contribution in [0.2, 0.25) is 0 Å². The van der Waals surface area contributed by atoms with Gasteiger partial charge in [0, 0.05) is 10.6 Å². The number of carbonyl (C=O) groups excluding carboxylic acids is 1. The van der Waals surface area contributed by atoms with Crippen LogP contribution in [0, 0.1) is 0 Å². The van der Waals surface area contributed by atoms with E-state index in [4.69, 9.17) is 4.55 Å². The molecule has 0 aliphatic carbocycles. The predicted octanol–water partition coefficient (Wildman–Crippen LogP) is 2.96. The van der Waals surface area contributed by atoms with Gasteiger partial charge in [-0.2, -0.15) is 17.2 Å². The molecular formula is C14H12F2O5S2. The van der Waals surface area contributed by atoms with Crippen LogP contribution >= 0.6 is 11.8 Å². The van der Waals surface area contributed by atoms with Crippen LogP contribution in [0.15, 0.2) is 47.4 Å². The highest BCUT2D eigenvalue weighted by molar-refractivity contribution is 7.99. The molecular weight excluding hydrogens is 350 g/mol. The topological polar surface area (TPSA) is 80.7 Å². The zero-order chi connectivity index (χ0) is 17.1. The Morgan fingerprint density at radius 3 is 2.48 bits per heavy atom. The van der Waals surface area contributed by atoms with Crippen molar-refractivity contribution in [3.05, 3.63) is 42.5 Å². The van der Waals surface area contributed by atoms with Crippen molar-refractivity contribution in [3.8, 4) is 0 Å². The molecule has 0 bridgehead atoms. The molecule has 0 saturated heterocycles. The SMILES string of the molecule is O=C(OCCSc1ccc2ccccc2c1)C(F)(F)S(=O)(=O)O. The van der Waals surface area contributed by atoms with Crippen molar-refractivity contribution in [3.63, 3.8) is 0 Å². The van der Waals surface area contributed by atoms with Crippen molar-refractivity contribution in [2.24, 2.45) is 0 Å². The van der Waals surface area contributed by atoms with E-state index in [1.807, 2.05) is 42.5 Å². The Balaban J connectivity index is 1.88. The van der Waals surface area contributed by atoms with E-state index in [0.29, 0.717) is 0 Å². The third kappa shape index (κ3) is 4.18. The van der Waals surface area contributed by atoms with Gasteiger partial charge in [-0.25, -0.2) is 4.79 Å². The van der Waals surface area contributed by atoms with Gasteiger partial charge < -0.3 is 4.74 Å². The molecule has 0 radical (unpaired) electrons. The van der Waals surface area contributed by atoms with Crippen LogP contribution in [0.1, 0.15) is 0 Å². The second-order valence-corrected chi connectivity index (χ2v) is 7.12. The molecule has 124 valence electrons. The fraction of sp³-hybridized carbons (Fsp3) is 0.214. The van der Waals surface area contributed by atoms with Gasteiger partial charge in [0.05, 0.1) is 0 Å². The maximum atomic E-state index is 12.9. The monoisotopic (exact) mass is 362 g/mol. The van der Waals surface area contributed by atoms with E-state index in [0.717, 1.165) is 15.7 Å². The number of rotatable bonds is 6. The van der Waals surface area contributed by atoms with E-state index in [9.17, 15) is 22.0 Å². The zero-order valence-corrected chi connectivity index (χ0v) is 13.2. The van der Waals surface area contributed by atoms with Crippen LogP contribution in [-0.4, -0.2) is 36.6 Å². The van der Waals surface area contributed by atoms with Gasteiger partial charge >= 0.3 is 21.3 Å². The fourth-order valence-electron chi connectivity index (χ4n) is 1.74. The number of hydrogen-bond donors (Lipinski definition) is 1. The third-order valence-electron chi connectivity index (χ3n) is 2.87. The zero-order valence-electron chi connectivity index (χ0n) is 11.6. The molecule has 0 aliphatic rings. The molecule has 2 rings (SSSR count). The van der Waals surface area contributed by atoms with Gasteiger partial charge in [-0.1, -0.05) is 30.3 Å². The van der Waals surface area contributed by atoms with Crippen LogP contribution < -0.4 is 0 Å². The molecule has 9 heteroatoms. The van der Waals surface area contributed by atoms with E-state index in [2.05, 4.69) is 4.74 Å². The molecule has 0 heterocycles. The first kappa shape index (κ1) is 17.6. The summed E-state index contributed by atoms with van der Waals surface area (Å²) in [5.41, 5.74) is 0. The third-order valence-corrected chi connectivity index (χ3v) is 4.64. The Kier molecular flexibility index (Phi) is 5.23. The minimum atomic E-state index is -5.83. The summed E-state index contributed by atoms with van der Waals surface area (Å²) in [6.45, 7) is -0.415. The first-order valence-electron chi connectivity index (χ1n) is 6.35. The summed E-state index contributed by atoms with van der Waals surface area (Å²) in [6, 6.07) is 13.3. The van der Waals surface area contributed by atoms with Gasteiger partial charge in [-0.05, 0) is 22.9 Å². The second kappa shape index (κ2) is 6.81. The number of fused-ring (bicyclic) bond motifs is 1. The molecule has 23 heavy (non-hydrogen) atoms. The Labute approximate surface area is 135 Å². The summed E-state index contributed by atoms with van der Waals surface area (Å²) in [5, 5.41) is -2.90. The molecule has 0 saturated carbocycles. The molecule has 1 N–H and O–H groups in total. The number of hydrogen-bond acceptors (Lipinski definition) is 5. The summed E-state index contributed by atoms with van der Waals surface area (Å²) in [7, 11) is -5.83. The van der Waals surface area contributed by atoms with Crippen molar-refractivity contribution < 1.29 is 31.3 Å². The summed E-state index contributed by atoms with van der Waals surface area (Å²) in [5.74, 6) is -2.13.